The lowest BCUT2D eigenvalue weighted by Crippen LogP contribution is -2.21. The molecular weight excluding hydrogens is 347 g/mol. The number of anilines is 1. The molecule has 1 fully saturated rings. The van der Waals surface area contributed by atoms with Crippen molar-refractivity contribution in [2.75, 3.05) is 32.2 Å². The van der Waals surface area contributed by atoms with E-state index < -0.39 is 6.17 Å². The van der Waals surface area contributed by atoms with Crippen LogP contribution in [0.3, 0.4) is 0 Å². The molecule has 1 unspecified atom stereocenters. The molecule has 3 aromatic rings. The highest BCUT2D eigenvalue weighted by Gasteiger charge is 2.26. The number of imidazole rings is 1. The first-order valence-electron chi connectivity index (χ1n) is 9.00. The molecular formula is C20H23FN4O2. The van der Waals surface area contributed by atoms with Gasteiger partial charge in [-0.2, -0.15) is 5.10 Å². The molecule has 2 aromatic heterocycles. The van der Waals surface area contributed by atoms with E-state index in [0.29, 0.717) is 31.0 Å². The van der Waals surface area contributed by atoms with Gasteiger partial charge in [0.1, 0.15) is 6.17 Å². The van der Waals surface area contributed by atoms with Crippen LogP contribution in [0, 0.1) is 13.8 Å². The minimum atomic E-state index is -0.792. The van der Waals surface area contributed by atoms with Crippen molar-refractivity contribution in [2.24, 2.45) is 0 Å². The Hall–Kier alpha value is -2.83. The summed E-state index contributed by atoms with van der Waals surface area (Å²) in [5.74, 6) is 1.32. The van der Waals surface area contributed by atoms with E-state index in [-0.39, 0.29) is 0 Å². The van der Waals surface area contributed by atoms with Crippen LogP contribution in [0.1, 0.15) is 17.8 Å². The van der Waals surface area contributed by atoms with Crippen molar-refractivity contribution in [3.8, 4) is 22.8 Å². The minimum absolute atomic E-state index is 0.400. The predicted octanol–water partition coefficient (Wildman–Crippen LogP) is 3.58. The number of aryl methyl sites for hydroxylation is 2. The first-order chi connectivity index (χ1) is 13.0. The number of aromatic nitrogens is 3. The number of halogens is 1. The Kier molecular flexibility index (Phi) is 4.37. The molecule has 1 aliphatic heterocycles. The van der Waals surface area contributed by atoms with E-state index in [4.69, 9.17) is 14.5 Å². The van der Waals surface area contributed by atoms with Crippen molar-refractivity contribution in [3.05, 3.63) is 35.7 Å². The minimum Gasteiger partial charge on any atom is -0.493 e. The molecule has 1 atom stereocenters. The van der Waals surface area contributed by atoms with Gasteiger partial charge < -0.3 is 14.4 Å². The second kappa shape index (κ2) is 6.72. The average Bonchev–Trinajstić information content (AvgIpc) is 3.23. The van der Waals surface area contributed by atoms with Crippen molar-refractivity contribution < 1.29 is 13.9 Å². The van der Waals surface area contributed by atoms with Gasteiger partial charge in [-0.25, -0.2) is 13.9 Å². The fraction of sp³-hybridized carbons (Fsp3) is 0.400. The molecule has 0 N–H and O–H groups in total. The van der Waals surface area contributed by atoms with Crippen LogP contribution in [-0.2, 0) is 0 Å². The Morgan fingerprint density at radius 2 is 1.89 bits per heavy atom. The van der Waals surface area contributed by atoms with Crippen LogP contribution in [0.4, 0.5) is 10.1 Å². The standard InChI is InChI=1S/C20H23FN4O2/c1-12-9-16(24-8-7-15(21)11-24)20-22-13(2)19(25(20)23-12)14-5-6-17(26-3)18(10-14)27-4/h5-6,9-10,15H,7-8,11H2,1-4H3. The number of alkyl halides is 1. The van der Waals surface area contributed by atoms with Crippen LogP contribution in [-0.4, -0.2) is 48.1 Å². The summed E-state index contributed by atoms with van der Waals surface area (Å²) in [5, 5.41) is 4.68. The molecule has 0 amide bonds. The quantitative estimate of drug-likeness (QED) is 0.703. The van der Waals surface area contributed by atoms with Crippen LogP contribution < -0.4 is 14.4 Å². The Bertz CT molecular complexity index is 1000. The molecule has 142 valence electrons. The molecule has 0 saturated carbocycles. The Morgan fingerprint density at radius 1 is 1.11 bits per heavy atom. The van der Waals surface area contributed by atoms with Gasteiger partial charge in [-0.3, -0.25) is 0 Å². The second-order valence-corrected chi connectivity index (χ2v) is 6.85. The van der Waals surface area contributed by atoms with E-state index in [9.17, 15) is 4.39 Å². The molecule has 27 heavy (non-hydrogen) atoms. The molecule has 1 saturated heterocycles. The maximum atomic E-state index is 13.8. The molecule has 3 heterocycles. The van der Waals surface area contributed by atoms with Crippen molar-refractivity contribution in [3.63, 3.8) is 0 Å². The van der Waals surface area contributed by atoms with E-state index in [1.165, 1.54) is 0 Å². The van der Waals surface area contributed by atoms with Gasteiger partial charge in [0.25, 0.3) is 0 Å². The number of nitrogens with zero attached hydrogens (tertiary/aromatic N) is 4. The smallest absolute Gasteiger partial charge is 0.178 e. The SMILES string of the molecule is COc1ccc(-c2c(C)nc3c(N4CCC(F)C4)cc(C)nn23)cc1OC. The Balaban J connectivity index is 1.90. The zero-order chi connectivity index (χ0) is 19.1. The predicted molar refractivity (Wildman–Crippen MR) is 103 cm³/mol. The first-order valence-corrected chi connectivity index (χ1v) is 9.00. The van der Waals surface area contributed by atoms with Gasteiger partial charge in [0.2, 0.25) is 0 Å². The third-order valence-electron chi connectivity index (χ3n) is 4.99. The number of hydrogen-bond acceptors (Lipinski definition) is 5. The highest BCUT2D eigenvalue weighted by molar-refractivity contribution is 5.76. The summed E-state index contributed by atoms with van der Waals surface area (Å²) in [6.45, 7) is 5.00. The van der Waals surface area contributed by atoms with Crippen molar-refractivity contribution in [2.45, 2.75) is 26.4 Å². The van der Waals surface area contributed by atoms with Crippen LogP contribution in [0.2, 0.25) is 0 Å². The molecule has 6 nitrogen and oxygen atoms in total. The number of methoxy groups -OCH3 is 2. The normalized spacial score (nSPS) is 16.9. The van der Waals surface area contributed by atoms with Gasteiger partial charge in [0.15, 0.2) is 17.1 Å². The summed E-state index contributed by atoms with van der Waals surface area (Å²) in [7, 11) is 3.23. The summed E-state index contributed by atoms with van der Waals surface area (Å²) in [5.41, 5.74) is 5.23. The van der Waals surface area contributed by atoms with Gasteiger partial charge in [-0.15, -0.1) is 0 Å². The van der Waals surface area contributed by atoms with E-state index in [2.05, 4.69) is 10.00 Å². The maximum absolute atomic E-state index is 13.8. The van der Waals surface area contributed by atoms with Crippen LogP contribution >= 0.6 is 0 Å². The number of benzene rings is 1. The molecule has 0 spiro atoms. The third kappa shape index (κ3) is 2.97. The molecule has 1 aromatic carbocycles. The van der Waals surface area contributed by atoms with Crippen molar-refractivity contribution >= 4 is 11.3 Å². The first kappa shape index (κ1) is 17.6. The largest absolute Gasteiger partial charge is 0.493 e. The zero-order valence-corrected chi connectivity index (χ0v) is 16.0. The molecule has 0 bridgehead atoms. The summed E-state index contributed by atoms with van der Waals surface area (Å²) in [6, 6.07) is 7.75. The number of fused-ring (bicyclic) bond motifs is 1. The number of ether oxygens (including phenoxy) is 2. The third-order valence-corrected chi connectivity index (χ3v) is 4.99. The van der Waals surface area contributed by atoms with Crippen LogP contribution in [0.15, 0.2) is 24.3 Å². The highest BCUT2D eigenvalue weighted by atomic mass is 19.1. The van der Waals surface area contributed by atoms with E-state index >= 15 is 0 Å². The van der Waals surface area contributed by atoms with E-state index in [0.717, 1.165) is 34.0 Å². The lowest BCUT2D eigenvalue weighted by Gasteiger charge is -2.18. The maximum Gasteiger partial charge on any atom is 0.178 e. The summed E-state index contributed by atoms with van der Waals surface area (Å²) in [4.78, 5) is 6.82. The molecule has 4 rings (SSSR count). The average molecular weight is 370 g/mol. The van der Waals surface area contributed by atoms with Crippen LogP contribution in [0.25, 0.3) is 16.9 Å². The molecule has 7 heteroatoms. The monoisotopic (exact) mass is 370 g/mol. The Morgan fingerprint density at radius 3 is 2.56 bits per heavy atom. The van der Waals surface area contributed by atoms with E-state index in [1.54, 1.807) is 14.2 Å². The number of rotatable bonds is 4. The van der Waals surface area contributed by atoms with Gasteiger partial charge in [-0.05, 0) is 44.5 Å². The summed E-state index contributed by atoms with van der Waals surface area (Å²) in [6.07, 6.45) is -0.240. The lowest BCUT2D eigenvalue weighted by atomic mass is 10.1. The van der Waals surface area contributed by atoms with Crippen molar-refractivity contribution in [1.29, 1.82) is 0 Å². The van der Waals surface area contributed by atoms with E-state index in [1.807, 2.05) is 42.6 Å². The lowest BCUT2D eigenvalue weighted by molar-refractivity contribution is 0.355. The fourth-order valence-electron chi connectivity index (χ4n) is 3.71. The highest BCUT2D eigenvalue weighted by Crippen LogP contribution is 2.35. The topological polar surface area (TPSA) is 51.9 Å². The van der Waals surface area contributed by atoms with Crippen molar-refractivity contribution in [1.82, 2.24) is 14.6 Å². The van der Waals surface area contributed by atoms with Gasteiger partial charge in [0, 0.05) is 18.7 Å². The van der Waals surface area contributed by atoms with Gasteiger partial charge in [0.05, 0.1) is 37.0 Å². The van der Waals surface area contributed by atoms with Gasteiger partial charge >= 0.3 is 0 Å². The second-order valence-electron chi connectivity index (χ2n) is 6.85. The number of hydrogen-bond donors (Lipinski definition) is 0. The molecule has 0 aliphatic carbocycles. The summed E-state index contributed by atoms with van der Waals surface area (Å²) >= 11 is 0. The molecule has 1 aliphatic rings. The van der Waals surface area contributed by atoms with Gasteiger partial charge in [-0.1, -0.05) is 0 Å². The molecule has 0 radical (unpaired) electrons. The fourth-order valence-corrected chi connectivity index (χ4v) is 3.71. The Labute approximate surface area is 157 Å². The van der Waals surface area contributed by atoms with Crippen LogP contribution in [0.5, 0.6) is 11.5 Å². The zero-order valence-electron chi connectivity index (χ0n) is 16.0. The summed E-state index contributed by atoms with van der Waals surface area (Å²) < 4.78 is 26.4.